The Bertz CT molecular complexity index is 1250. The van der Waals surface area contributed by atoms with Crippen LogP contribution in [-0.4, -0.2) is 19.2 Å². The molecule has 0 aliphatic rings. The van der Waals surface area contributed by atoms with Gasteiger partial charge in [0.1, 0.15) is 11.5 Å². The molecule has 0 saturated carbocycles. The normalized spacial score (nSPS) is 11.0. The van der Waals surface area contributed by atoms with Gasteiger partial charge in [0, 0.05) is 6.07 Å². The highest BCUT2D eigenvalue weighted by Crippen LogP contribution is 2.27. The van der Waals surface area contributed by atoms with E-state index in [-0.39, 0.29) is 32.5 Å². The van der Waals surface area contributed by atoms with E-state index in [4.69, 9.17) is 11.6 Å². The Morgan fingerprint density at radius 2 is 1.77 bits per heavy atom. The van der Waals surface area contributed by atoms with Gasteiger partial charge < -0.3 is 5.32 Å². The second-order valence-corrected chi connectivity index (χ2v) is 8.08. The number of nitrogens with zero attached hydrogens (tertiary/aromatic N) is 1. The zero-order valence-electron chi connectivity index (χ0n) is 15.0. The van der Waals surface area contributed by atoms with Gasteiger partial charge in [-0.25, -0.2) is 12.8 Å². The van der Waals surface area contributed by atoms with Gasteiger partial charge in [-0.3, -0.25) is 19.6 Å². The number of benzene rings is 3. The summed E-state index contributed by atoms with van der Waals surface area (Å²) in [4.78, 5) is 22.7. The van der Waals surface area contributed by atoms with Crippen LogP contribution in [0.5, 0.6) is 0 Å². The summed E-state index contributed by atoms with van der Waals surface area (Å²) in [6.07, 6.45) is 0. The Morgan fingerprint density at radius 3 is 2.47 bits per heavy atom. The number of hydrogen-bond acceptors (Lipinski definition) is 5. The molecule has 0 bridgehead atoms. The molecule has 30 heavy (non-hydrogen) atoms. The molecule has 0 radical (unpaired) electrons. The number of hydrogen-bond donors (Lipinski definition) is 2. The lowest BCUT2D eigenvalue weighted by atomic mass is 10.2. The average Bonchev–Trinajstić information content (AvgIpc) is 2.68. The molecule has 11 heteroatoms. The summed E-state index contributed by atoms with van der Waals surface area (Å²) in [7, 11) is -4.16. The number of nitro benzene ring substituents is 1. The number of carbonyl (C=O) groups excluding carboxylic acids is 1. The third kappa shape index (κ3) is 4.73. The number of halogens is 2. The highest BCUT2D eigenvalue weighted by molar-refractivity contribution is 7.92. The predicted octanol–water partition coefficient (Wildman–Crippen LogP) is 4.44. The van der Waals surface area contributed by atoms with Crippen LogP contribution in [0.4, 0.5) is 21.5 Å². The lowest BCUT2D eigenvalue weighted by Crippen LogP contribution is -2.17. The van der Waals surface area contributed by atoms with Crippen LogP contribution in [0.2, 0.25) is 5.02 Å². The lowest BCUT2D eigenvalue weighted by molar-refractivity contribution is -0.383. The maximum atomic E-state index is 13.3. The fourth-order valence-corrected chi connectivity index (χ4v) is 3.82. The SMILES string of the molecule is O=C(Nc1ccccc1[N+](=O)[O-])c1cc(S(=O)(=O)Nc2cccc(F)c2)ccc1Cl. The van der Waals surface area contributed by atoms with Gasteiger partial charge in [-0.05, 0) is 42.5 Å². The summed E-state index contributed by atoms with van der Waals surface area (Å²) in [5.74, 6) is -1.46. The molecule has 3 aromatic carbocycles. The van der Waals surface area contributed by atoms with E-state index in [1.54, 1.807) is 0 Å². The molecular formula is C19H13ClFN3O5S. The van der Waals surface area contributed by atoms with Gasteiger partial charge in [-0.2, -0.15) is 0 Å². The molecule has 0 fully saturated rings. The zero-order valence-corrected chi connectivity index (χ0v) is 16.6. The van der Waals surface area contributed by atoms with Crippen molar-refractivity contribution in [3.8, 4) is 0 Å². The fourth-order valence-electron chi connectivity index (χ4n) is 2.54. The van der Waals surface area contributed by atoms with Crippen molar-refractivity contribution in [2.45, 2.75) is 4.90 Å². The zero-order chi connectivity index (χ0) is 21.9. The number of nitrogens with one attached hydrogen (secondary N) is 2. The van der Waals surface area contributed by atoms with Crippen LogP contribution in [0.25, 0.3) is 0 Å². The van der Waals surface area contributed by atoms with Crippen molar-refractivity contribution in [2.75, 3.05) is 10.0 Å². The summed E-state index contributed by atoms with van der Waals surface area (Å²) in [6.45, 7) is 0. The molecule has 8 nitrogen and oxygen atoms in total. The predicted molar refractivity (Wildman–Crippen MR) is 110 cm³/mol. The van der Waals surface area contributed by atoms with Crippen molar-refractivity contribution < 1.29 is 22.5 Å². The smallest absolute Gasteiger partial charge is 0.292 e. The maximum absolute atomic E-state index is 13.3. The Kier molecular flexibility index (Phi) is 5.99. The number of nitro groups is 1. The quantitative estimate of drug-likeness (QED) is 0.426. The third-order valence-corrected chi connectivity index (χ3v) is 5.63. The monoisotopic (exact) mass is 449 g/mol. The number of rotatable bonds is 6. The van der Waals surface area contributed by atoms with Gasteiger partial charge in [0.05, 0.1) is 26.1 Å². The molecule has 0 aliphatic heterocycles. The van der Waals surface area contributed by atoms with Crippen molar-refractivity contribution in [3.05, 3.63) is 93.2 Å². The van der Waals surface area contributed by atoms with Gasteiger partial charge in [-0.1, -0.05) is 29.8 Å². The van der Waals surface area contributed by atoms with Crippen molar-refractivity contribution in [1.82, 2.24) is 0 Å². The van der Waals surface area contributed by atoms with Crippen LogP contribution in [0, 0.1) is 15.9 Å². The van der Waals surface area contributed by atoms with Crippen LogP contribution in [0.1, 0.15) is 10.4 Å². The Hall–Kier alpha value is -3.50. The molecule has 0 spiro atoms. The lowest BCUT2D eigenvalue weighted by Gasteiger charge is -2.11. The number of carbonyl (C=O) groups is 1. The molecule has 2 N–H and O–H groups in total. The Balaban J connectivity index is 1.91. The van der Waals surface area contributed by atoms with E-state index in [0.29, 0.717) is 0 Å². The summed E-state index contributed by atoms with van der Waals surface area (Å²) in [5, 5.41) is 13.4. The number of anilines is 2. The first-order valence-electron chi connectivity index (χ1n) is 8.30. The molecule has 0 saturated heterocycles. The molecular weight excluding hydrogens is 437 g/mol. The minimum atomic E-state index is -4.16. The molecule has 0 atom stereocenters. The Labute approximate surface area is 175 Å². The highest BCUT2D eigenvalue weighted by atomic mass is 35.5. The molecule has 3 rings (SSSR count). The third-order valence-electron chi connectivity index (χ3n) is 3.92. The summed E-state index contributed by atoms with van der Waals surface area (Å²) >= 11 is 6.03. The minimum absolute atomic E-state index is 0.00383. The van der Waals surface area contributed by atoms with Gasteiger partial charge in [0.25, 0.3) is 21.6 Å². The molecule has 0 unspecified atom stereocenters. The van der Waals surface area contributed by atoms with E-state index in [1.165, 1.54) is 48.5 Å². The second-order valence-electron chi connectivity index (χ2n) is 5.99. The first kappa shape index (κ1) is 21.2. The van der Waals surface area contributed by atoms with E-state index in [1.807, 2.05) is 0 Å². The van der Waals surface area contributed by atoms with Crippen LogP contribution in [0.3, 0.4) is 0 Å². The molecule has 0 heterocycles. The van der Waals surface area contributed by atoms with E-state index in [9.17, 15) is 27.7 Å². The Morgan fingerprint density at radius 1 is 1.03 bits per heavy atom. The molecule has 3 aromatic rings. The van der Waals surface area contributed by atoms with Gasteiger partial charge in [0.15, 0.2) is 0 Å². The van der Waals surface area contributed by atoms with Crippen LogP contribution in [-0.2, 0) is 10.0 Å². The van der Waals surface area contributed by atoms with E-state index >= 15 is 0 Å². The van der Waals surface area contributed by atoms with Crippen molar-refractivity contribution in [3.63, 3.8) is 0 Å². The van der Waals surface area contributed by atoms with Crippen LogP contribution >= 0.6 is 11.6 Å². The topological polar surface area (TPSA) is 118 Å². The van der Waals surface area contributed by atoms with Crippen LogP contribution in [0.15, 0.2) is 71.6 Å². The summed E-state index contributed by atoms with van der Waals surface area (Å²) in [5.41, 5.74) is -0.624. The summed E-state index contributed by atoms with van der Waals surface area (Å²) in [6, 6.07) is 13.7. The number of para-hydroxylation sites is 2. The summed E-state index contributed by atoms with van der Waals surface area (Å²) < 4.78 is 40.7. The molecule has 0 aliphatic carbocycles. The molecule has 154 valence electrons. The first-order valence-corrected chi connectivity index (χ1v) is 10.2. The van der Waals surface area contributed by atoms with Gasteiger partial charge in [0.2, 0.25) is 0 Å². The van der Waals surface area contributed by atoms with E-state index in [0.717, 1.165) is 18.2 Å². The fraction of sp³-hybridized carbons (Fsp3) is 0. The van der Waals surface area contributed by atoms with Crippen molar-refractivity contribution in [2.24, 2.45) is 0 Å². The van der Waals surface area contributed by atoms with E-state index in [2.05, 4.69) is 10.0 Å². The largest absolute Gasteiger partial charge is 0.316 e. The highest BCUT2D eigenvalue weighted by Gasteiger charge is 2.21. The molecule has 1 amide bonds. The maximum Gasteiger partial charge on any atom is 0.292 e. The molecule has 0 aromatic heterocycles. The van der Waals surface area contributed by atoms with Crippen LogP contribution < -0.4 is 10.0 Å². The average molecular weight is 450 g/mol. The van der Waals surface area contributed by atoms with Gasteiger partial charge in [-0.15, -0.1) is 0 Å². The van der Waals surface area contributed by atoms with Gasteiger partial charge >= 0.3 is 0 Å². The number of sulfonamides is 1. The minimum Gasteiger partial charge on any atom is -0.316 e. The van der Waals surface area contributed by atoms with Crippen molar-refractivity contribution in [1.29, 1.82) is 0 Å². The number of amides is 1. The second kappa shape index (κ2) is 8.47. The first-order chi connectivity index (χ1) is 14.2. The van der Waals surface area contributed by atoms with E-state index < -0.39 is 26.7 Å². The van der Waals surface area contributed by atoms with Crippen molar-refractivity contribution >= 4 is 44.6 Å². The standard InChI is InChI=1S/C19H13ClFN3O5S/c20-16-9-8-14(30(28,29)23-13-5-3-4-12(21)10-13)11-15(16)19(25)22-17-6-1-2-7-18(17)24(26)27/h1-11,23H,(H,22,25).